The van der Waals surface area contributed by atoms with E-state index in [1.807, 2.05) is 18.2 Å². The number of methoxy groups -OCH3 is 1. The van der Waals surface area contributed by atoms with Crippen LogP contribution in [0.2, 0.25) is 0 Å². The SMILES string of the molecule is COC(=O)c1cc(COc2ccc(C(=N)N)cc2)ccc1-c1cccc(C(=N)N)c1. The number of nitrogen functional groups attached to an aromatic ring is 2. The van der Waals surface area contributed by atoms with Gasteiger partial charge < -0.3 is 20.9 Å². The lowest BCUT2D eigenvalue weighted by Gasteiger charge is -2.13. The molecule has 6 N–H and O–H groups in total. The summed E-state index contributed by atoms with van der Waals surface area (Å²) < 4.78 is 10.7. The van der Waals surface area contributed by atoms with E-state index in [2.05, 4.69) is 0 Å². The van der Waals surface area contributed by atoms with Crippen LogP contribution in [0, 0.1) is 10.8 Å². The summed E-state index contributed by atoms with van der Waals surface area (Å²) in [6.45, 7) is 0.247. The van der Waals surface area contributed by atoms with Crippen LogP contribution in [0.3, 0.4) is 0 Å². The Morgan fingerprint density at radius 1 is 0.900 bits per heavy atom. The fourth-order valence-electron chi connectivity index (χ4n) is 2.96. The Morgan fingerprint density at radius 3 is 2.23 bits per heavy atom. The van der Waals surface area contributed by atoms with E-state index >= 15 is 0 Å². The monoisotopic (exact) mass is 402 g/mol. The third kappa shape index (κ3) is 4.64. The van der Waals surface area contributed by atoms with Crippen LogP contribution in [-0.4, -0.2) is 24.8 Å². The van der Waals surface area contributed by atoms with Crippen LogP contribution in [0.25, 0.3) is 11.1 Å². The fraction of sp³-hybridized carbons (Fsp3) is 0.0870. The minimum absolute atomic E-state index is 0.00583. The number of esters is 1. The Hall–Kier alpha value is -4.13. The Morgan fingerprint density at radius 2 is 1.60 bits per heavy atom. The molecule has 0 spiro atoms. The standard InChI is InChI=1S/C23H22N4O3/c1-29-23(28)20-11-14(13-30-18-8-6-15(7-9-18)21(24)25)5-10-19(20)16-3-2-4-17(12-16)22(26)27/h2-12H,13H2,1H3,(H3,24,25)(H3,26,27). The maximum absolute atomic E-state index is 12.4. The highest BCUT2D eigenvalue weighted by Crippen LogP contribution is 2.27. The predicted octanol–water partition coefficient (Wildman–Crippen LogP) is 3.29. The van der Waals surface area contributed by atoms with Gasteiger partial charge in [0.1, 0.15) is 24.0 Å². The molecule has 0 unspecified atom stereocenters. The molecule has 0 amide bonds. The number of nitrogens with one attached hydrogen (secondary N) is 2. The molecule has 3 rings (SSSR count). The molecule has 0 bridgehead atoms. The van der Waals surface area contributed by atoms with Gasteiger partial charge in [-0.1, -0.05) is 30.3 Å². The topological polar surface area (TPSA) is 135 Å². The highest BCUT2D eigenvalue weighted by Gasteiger charge is 2.15. The molecule has 3 aromatic carbocycles. The number of hydrogen-bond donors (Lipinski definition) is 4. The molecule has 0 aliphatic carbocycles. The maximum Gasteiger partial charge on any atom is 0.338 e. The van der Waals surface area contributed by atoms with Crippen LogP contribution >= 0.6 is 0 Å². The number of carbonyl (C=O) groups excluding carboxylic acids is 1. The average molecular weight is 402 g/mol. The van der Waals surface area contributed by atoms with E-state index in [0.29, 0.717) is 28.0 Å². The zero-order valence-electron chi connectivity index (χ0n) is 16.4. The van der Waals surface area contributed by atoms with E-state index in [4.69, 9.17) is 31.8 Å². The van der Waals surface area contributed by atoms with E-state index < -0.39 is 5.97 Å². The summed E-state index contributed by atoms with van der Waals surface area (Å²) >= 11 is 0. The number of amidine groups is 2. The molecular formula is C23H22N4O3. The molecule has 0 aromatic heterocycles. The molecule has 0 fully saturated rings. The van der Waals surface area contributed by atoms with Gasteiger partial charge in [0.05, 0.1) is 12.7 Å². The van der Waals surface area contributed by atoms with Crippen molar-refractivity contribution in [2.45, 2.75) is 6.61 Å². The first-order valence-corrected chi connectivity index (χ1v) is 9.12. The lowest BCUT2D eigenvalue weighted by molar-refractivity contribution is 0.0601. The van der Waals surface area contributed by atoms with Crippen LogP contribution in [0.5, 0.6) is 5.75 Å². The molecule has 0 radical (unpaired) electrons. The van der Waals surface area contributed by atoms with Crippen molar-refractivity contribution in [1.82, 2.24) is 0 Å². The summed E-state index contributed by atoms with van der Waals surface area (Å²) in [4.78, 5) is 12.4. The van der Waals surface area contributed by atoms with Crippen LogP contribution in [-0.2, 0) is 11.3 Å². The molecule has 0 atom stereocenters. The first kappa shape index (κ1) is 20.6. The molecule has 7 heteroatoms. The Bertz CT molecular complexity index is 1110. The third-order valence-electron chi connectivity index (χ3n) is 4.54. The first-order chi connectivity index (χ1) is 14.4. The number of benzene rings is 3. The molecule has 0 heterocycles. The molecule has 3 aromatic rings. The van der Waals surface area contributed by atoms with Gasteiger partial charge in [0.2, 0.25) is 0 Å². The van der Waals surface area contributed by atoms with Gasteiger partial charge in [-0.15, -0.1) is 0 Å². The highest BCUT2D eigenvalue weighted by molar-refractivity contribution is 6.00. The molecule has 0 saturated carbocycles. The second-order valence-electron chi connectivity index (χ2n) is 6.59. The number of carbonyl (C=O) groups is 1. The lowest BCUT2D eigenvalue weighted by Crippen LogP contribution is -2.11. The van der Waals surface area contributed by atoms with Crippen molar-refractivity contribution in [2.75, 3.05) is 7.11 Å². The van der Waals surface area contributed by atoms with Crippen molar-refractivity contribution < 1.29 is 14.3 Å². The number of rotatable bonds is 7. The Labute approximate surface area is 174 Å². The van der Waals surface area contributed by atoms with Gasteiger partial charge in [0, 0.05) is 11.1 Å². The summed E-state index contributed by atoms with van der Waals surface area (Å²) in [5.41, 5.74) is 14.9. The molecule has 7 nitrogen and oxygen atoms in total. The zero-order valence-corrected chi connectivity index (χ0v) is 16.4. The number of ether oxygens (including phenoxy) is 2. The smallest absolute Gasteiger partial charge is 0.338 e. The summed E-state index contributed by atoms with van der Waals surface area (Å²) in [6, 6.07) is 19.4. The van der Waals surface area contributed by atoms with Gasteiger partial charge >= 0.3 is 5.97 Å². The van der Waals surface area contributed by atoms with Crippen LogP contribution < -0.4 is 16.2 Å². The van der Waals surface area contributed by atoms with E-state index in [1.165, 1.54) is 7.11 Å². The van der Waals surface area contributed by atoms with E-state index in [9.17, 15) is 4.79 Å². The van der Waals surface area contributed by atoms with Crippen LogP contribution in [0.15, 0.2) is 66.7 Å². The summed E-state index contributed by atoms with van der Waals surface area (Å²) in [5, 5.41) is 15.1. The van der Waals surface area contributed by atoms with E-state index in [0.717, 1.165) is 11.1 Å². The van der Waals surface area contributed by atoms with Crippen molar-refractivity contribution in [3.8, 4) is 16.9 Å². The minimum Gasteiger partial charge on any atom is -0.489 e. The van der Waals surface area contributed by atoms with Crippen molar-refractivity contribution in [2.24, 2.45) is 11.5 Å². The normalized spacial score (nSPS) is 10.3. The van der Waals surface area contributed by atoms with Crippen LogP contribution in [0.1, 0.15) is 27.0 Å². The molecule has 0 saturated heterocycles. The molecule has 152 valence electrons. The van der Waals surface area contributed by atoms with Gasteiger partial charge in [-0.05, 0) is 53.1 Å². The number of nitrogens with two attached hydrogens (primary N) is 2. The van der Waals surface area contributed by atoms with E-state index in [-0.39, 0.29) is 18.3 Å². The van der Waals surface area contributed by atoms with Gasteiger partial charge in [-0.3, -0.25) is 10.8 Å². The summed E-state index contributed by atoms with van der Waals surface area (Å²) in [7, 11) is 1.33. The first-order valence-electron chi connectivity index (χ1n) is 9.12. The summed E-state index contributed by atoms with van der Waals surface area (Å²) in [6.07, 6.45) is 0. The molecule has 30 heavy (non-hydrogen) atoms. The summed E-state index contributed by atoms with van der Waals surface area (Å²) in [5.74, 6) is 0.106. The van der Waals surface area contributed by atoms with Crippen molar-refractivity contribution in [3.05, 3.63) is 89.0 Å². The van der Waals surface area contributed by atoms with Gasteiger partial charge in [-0.2, -0.15) is 0 Å². The highest BCUT2D eigenvalue weighted by atomic mass is 16.5. The van der Waals surface area contributed by atoms with E-state index in [1.54, 1.807) is 48.5 Å². The van der Waals surface area contributed by atoms with Gasteiger partial charge in [0.15, 0.2) is 0 Å². The minimum atomic E-state index is -0.467. The Kier molecular flexibility index (Phi) is 6.12. The molecule has 0 aliphatic rings. The predicted molar refractivity (Wildman–Crippen MR) is 116 cm³/mol. The molecular weight excluding hydrogens is 380 g/mol. The van der Waals surface area contributed by atoms with Crippen molar-refractivity contribution in [1.29, 1.82) is 10.8 Å². The zero-order chi connectivity index (χ0) is 21.7. The van der Waals surface area contributed by atoms with Crippen molar-refractivity contribution >= 4 is 17.6 Å². The number of hydrogen-bond acceptors (Lipinski definition) is 5. The van der Waals surface area contributed by atoms with Gasteiger partial charge in [0.25, 0.3) is 0 Å². The van der Waals surface area contributed by atoms with Crippen LogP contribution in [0.4, 0.5) is 0 Å². The maximum atomic E-state index is 12.4. The Balaban J connectivity index is 1.87. The largest absolute Gasteiger partial charge is 0.489 e. The van der Waals surface area contributed by atoms with Crippen molar-refractivity contribution in [3.63, 3.8) is 0 Å². The second kappa shape index (κ2) is 8.91. The second-order valence-corrected chi connectivity index (χ2v) is 6.59. The third-order valence-corrected chi connectivity index (χ3v) is 4.54. The quantitative estimate of drug-likeness (QED) is 0.273. The average Bonchev–Trinajstić information content (AvgIpc) is 2.77. The fourth-order valence-corrected chi connectivity index (χ4v) is 2.96. The molecule has 0 aliphatic heterocycles. The van der Waals surface area contributed by atoms with Gasteiger partial charge in [-0.25, -0.2) is 4.79 Å². The lowest BCUT2D eigenvalue weighted by atomic mass is 9.96.